The van der Waals surface area contributed by atoms with Crippen molar-refractivity contribution in [3.63, 3.8) is 0 Å². The van der Waals surface area contributed by atoms with E-state index in [0.29, 0.717) is 22.5 Å². The highest BCUT2D eigenvalue weighted by atomic mass is 16.2. The van der Waals surface area contributed by atoms with Gasteiger partial charge in [-0.15, -0.1) is 0 Å². The number of nitrogens with one attached hydrogen (secondary N) is 1. The van der Waals surface area contributed by atoms with Gasteiger partial charge in [0.2, 0.25) is 0 Å². The van der Waals surface area contributed by atoms with Gasteiger partial charge in [-0.1, -0.05) is 25.1 Å². The zero-order valence-corrected chi connectivity index (χ0v) is 14.6. The summed E-state index contributed by atoms with van der Waals surface area (Å²) in [6, 6.07) is 7.90. The molecule has 2 saturated heterocycles. The van der Waals surface area contributed by atoms with E-state index in [1.165, 1.54) is 6.42 Å². The van der Waals surface area contributed by atoms with Crippen LogP contribution in [0.5, 0.6) is 0 Å². The van der Waals surface area contributed by atoms with Gasteiger partial charge in [0.15, 0.2) is 5.69 Å². The third kappa shape index (κ3) is 2.74. The molecular formula is C19H24N4O2. The third-order valence-electron chi connectivity index (χ3n) is 5.72. The topological polar surface area (TPSA) is 69.3 Å². The van der Waals surface area contributed by atoms with E-state index in [0.717, 1.165) is 38.9 Å². The molecule has 0 bridgehead atoms. The van der Waals surface area contributed by atoms with E-state index in [4.69, 9.17) is 0 Å². The van der Waals surface area contributed by atoms with Crippen molar-refractivity contribution in [1.82, 2.24) is 20.0 Å². The molecule has 2 atom stereocenters. The van der Waals surface area contributed by atoms with Crippen molar-refractivity contribution in [2.45, 2.75) is 44.7 Å². The van der Waals surface area contributed by atoms with Gasteiger partial charge in [0.25, 0.3) is 11.5 Å². The van der Waals surface area contributed by atoms with Gasteiger partial charge in [-0.3, -0.25) is 14.5 Å². The molecule has 0 saturated carbocycles. The number of benzene rings is 1. The second-order valence-electron chi connectivity index (χ2n) is 6.99. The van der Waals surface area contributed by atoms with Gasteiger partial charge in [0.05, 0.1) is 5.39 Å². The summed E-state index contributed by atoms with van der Waals surface area (Å²) in [7, 11) is 0. The number of H-pyrrole nitrogens is 1. The Morgan fingerprint density at radius 1 is 1.16 bits per heavy atom. The van der Waals surface area contributed by atoms with E-state index in [1.807, 2.05) is 23.1 Å². The molecule has 1 N–H and O–H groups in total. The van der Waals surface area contributed by atoms with Gasteiger partial charge >= 0.3 is 0 Å². The summed E-state index contributed by atoms with van der Waals surface area (Å²) >= 11 is 0. The Balaban J connectivity index is 1.69. The quantitative estimate of drug-likeness (QED) is 0.928. The number of likely N-dealkylation sites (N-methyl/N-ethyl adjacent to an activating group) is 1. The summed E-state index contributed by atoms with van der Waals surface area (Å²) < 4.78 is 0. The lowest BCUT2D eigenvalue weighted by Crippen LogP contribution is -2.48. The molecule has 4 rings (SSSR count). The van der Waals surface area contributed by atoms with Gasteiger partial charge in [-0.2, -0.15) is 5.10 Å². The normalized spacial score (nSPS) is 24.3. The van der Waals surface area contributed by atoms with Crippen LogP contribution in [0, 0.1) is 0 Å². The van der Waals surface area contributed by atoms with Gasteiger partial charge in [0, 0.05) is 24.0 Å². The Labute approximate surface area is 146 Å². The monoisotopic (exact) mass is 340 g/mol. The maximum Gasteiger partial charge on any atom is 0.275 e. The number of rotatable bonds is 3. The minimum Gasteiger partial charge on any atom is -0.333 e. The van der Waals surface area contributed by atoms with Crippen LogP contribution < -0.4 is 5.56 Å². The lowest BCUT2D eigenvalue weighted by Gasteiger charge is -2.34. The van der Waals surface area contributed by atoms with E-state index < -0.39 is 0 Å². The average Bonchev–Trinajstić information content (AvgIpc) is 3.30. The van der Waals surface area contributed by atoms with Crippen LogP contribution in [0.2, 0.25) is 0 Å². The molecule has 1 aromatic carbocycles. The highest BCUT2D eigenvalue weighted by Gasteiger charge is 2.40. The molecular weight excluding hydrogens is 316 g/mol. The molecule has 6 heteroatoms. The van der Waals surface area contributed by atoms with Gasteiger partial charge < -0.3 is 4.90 Å². The Morgan fingerprint density at radius 3 is 2.68 bits per heavy atom. The summed E-state index contributed by atoms with van der Waals surface area (Å²) in [5, 5.41) is 7.76. The molecule has 2 aromatic rings. The first-order valence-corrected chi connectivity index (χ1v) is 9.23. The van der Waals surface area contributed by atoms with Crippen LogP contribution in [0.1, 0.15) is 43.1 Å². The number of nitrogens with zero attached hydrogens (tertiary/aromatic N) is 3. The van der Waals surface area contributed by atoms with Crippen LogP contribution in [0.15, 0.2) is 29.1 Å². The summed E-state index contributed by atoms with van der Waals surface area (Å²) in [5.74, 6) is -0.0575. The molecule has 1 amide bonds. The standard InChI is InChI=1S/C19H24N4O2/c1-2-22-11-5-9-15(22)16-10-6-12-23(16)19(25)17-13-7-3-4-8-14(13)18(24)21-20-17/h3-4,7-8,15-16H,2,5-6,9-12H2,1H3,(H,21,24)/t15-,16-/m0/s1. The van der Waals surface area contributed by atoms with E-state index in [1.54, 1.807) is 6.07 Å². The second kappa shape index (κ2) is 6.59. The Kier molecular flexibility index (Phi) is 4.29. The largest absolute Gasteiger partial charge is 0.333 e. The van der Waals surface area contributed by atoms with Crippen molar-refractivity contribution >= 4 is 16.7 Å². The lowest BCUT2D eigenvalue weighted by atomic mass is 10.0. The fraction of sp³-hybridized carbons (Fsp3) is 0.526. The van der Waals surface area contributed by atoms with E-state index in [-0.39, 0.29) is 17.5 Å². The molecule has 132 valence electrons. The number of aromatic nitrogens is 2. The fourth-order valence-corrected chi connectivity index (χ4v) is 4.54. The summed E-state index contributed by atoms with van der Waals surface area (Å²) in [6.45, 7) is 5.12. The average molecular weight is 340 g/mol. The molecule has 0 unspecified atom stereocenters. The molecule has 2 aliphatic heterocycles. The first kappa shape index (κ1) is 16.3. The number of amides is 1. The van der Waals surface area contributed by atoms with Crippen LogP contribution >= 0.6 is 0 Å². The molecule has 0 aliphatic carbocycles. The smallest absolute Gasteiger partial charge is 0.275 e. The van der Waals surface area contributed by atoms with Gasteiger partial charge in [0.1, 0.15) is 0 Å². The lowest BCUT2D eigenvalue weighted by molar-refractivity contribution is 0.0645. The number of hydrogen-bond acceptors (Lipinski definition) is 4. The van der Waals surface area contributed by atoms with Gasteiger partial charge in [-0.05, 0) is 44.8 Å². The van der Waals surface area contributed by atoms with Crippen molar-refractivity contribution < 1.29 is 4.79 Å². The predicted octanol–water partition coefficient (Wildman–Crippen LogP) is 2.01. The number of carbonyl (C=O) groups excluding carboxylic acids is 1. The van der Waals surface area contributed by atoms with Crippen LogP contribution in [-0.2, 0) is 0 Å². The van der Waals surface area contributed by atoms with E-state index in [2.05, 4.69) is 22.0 Å². The Hall–Kier alpha value is -2.21. The third-order valence-corrected chi connectivity index (χ3v) is 5.72. The van der Waals surface area contributed by atoms with Gasteiger partial charge in [-0.25, -0.2) is 5.10 Å². The van der Waals surface area contributed by atoms with Crippen molar-refractivity contribution in [1.29, 1.82) is 0 Å². The maximum atomic E-state index is 13.3. The Morgan fingerprint density at radius 2 is 1.88 bits per heavy atom. The molecule has 0 spiro atoms. The first-order chi connectivity index (χ1) is 12.2. The Bertz CT molecular complexity index is 847. The zero-order valence-electron chi connectivity index (χ0n) is 14.6. The number of fused-ring (bicyclic) bond motifs is 1. The molecule has 2 fully saturated rings. The van der Waals surface area contributed by atoms with Crippen LogP contribution in [-0.4, -0.2) is 57.6 Å². The maximum absolute atomic E-state index is 13.3. The fourth-order valence-electron chi connectivity index (χ4n) is 4.54. The van der Waals surface area contributed by atoms with E-state index >= 15 is 0 Å². The van der Waals surface area contributed by atoms with Crippen molar-refractivity contribution in [2.75, 3.05) is 19.6 Å². The molecule has 6 nitrogen and oxygen atoms in total. The number of likely N-dealkylation sites (tertiary alicyclic amines) is 2. The number of hydrogen-bond donors (Lipinski definition) is 1. The summed E-state index contributed by atoms with van der Waals surface area (Å²) in [5.41, 5.74) is 0.112. The van der Waals surface area contributed by atoms with Crippen LogP contribution in [0.4, 0.5) is 0 Å². The molecule has 1 aromatic heterocycles. The molecule has 25 heavy (non-hydrogen) atoms. The molecule has 0 radical (unpaired) electrons. The SMILES string of the molecule is CCN1CCC[C@H]1[C@@H]1CCCN1C(=O)c1n[nH]c(=O)c2ccccc12. The highest BCUT2D eigenvalue weighted by Crippen LogP contribution is 2.31. The minimum atomic E-state index is -0.252. The van der Waals surface area contributed by atoms with E-state index in [9.17, 15) is 9.59 Å². The minimum absolute atomic E-state index is 0.0575. The van der Waals surface area contributed by atoms with Crippen molar-refractivity contribution in [2.24, 2.45) is 0 Å². The highest BCUT2D eigenvalue weighted by molar-refractivity contribution is 6.04. The second-order valence-corrected chi connectivity index (χ2v) is 6.99. The van der Waals surface area contributed by atoms with Crippen LogP contribution in [0.25, 0.3) is 10.8 Å². The zero-order chi connectivity index (χ0) is 17.4. The summed E-state index contributed by atoms with van der Waals surface area (Å²) in [4.78, 5) is 29.7. The first-order valence-electron chi connectivity index (χ1n) is 9.23. The number of carbonyl (C=O) groups is 1. The van der Waals surface area contributed by atoms with Crippen LogP contribution in [0.3, 0.4) is 0 Å². The number of aromatic amines is 1. The molecule has 3 heterocycles. The summed E-state index contributed by atoms with van der Waals surface area (Å²) in [6.07, 6.45) is 4.44. The van der Waals surface area contributed by atoms with Crippen molar-refractivity contribution in [3.8, 4) is 0 Å². The van der Waals surface area contributed by atoms with Crippen molar-refractivity contribution in [3.05, 3.63) is 40.3 Å². The molecule has 2 aliphatic rings. The predicted molar refractivity (Wildman–Crippen MR) is 96.7 cm³/mol.